The zero-order valence-electron chi connectivity index (χ0n) is 19.7. The van der Waals surface area contributed by atoms with E-state index in [0.29, 0.717) is 61.5 Å². The summed E-state index contributed by atoms with van der Waals surface area (Å²) in [6.07, 6.45) is -0.403. The molecule has 2 heterocycles. The van der Waals surface area contributed by atoms with Crippen molar-refractivity contribution in [1.29, 1.82) is 0 Å². The van der Waals surface area contributed by atoms with Gasteiger partial charge >= 0.3 is 6.18 Å². The second-order valence-electron chi connectivity index (χ2n) is 8.48. The van der Waals surface area contributed by atoms with Gasteiger partial charge in [0.05, 0.1) is 10.6 Å². The number of benzene rings is 2. The monoisotopic (exact) mass is 549 g/mol. The molecular formula is C27H24Cl2F3N3O2. The lowest BCUT2D eigenvalue weighted by Gasteiger charge is -2.35. The highest BCUT2D eigenvalue weighted by atomic mass is 35.5. The average Bonchev–Trinajstić information content (AvgIpc) is 2.88. The Morgan fingerprint density at radius 3 is 2.43 bits per heavy atom. The number of hydrogen-bond acceptors (Lipinski definition) is 5. The first-order valence-corrected chi connectivity index (χ1v) is 12.4. The zero-order chi connectivity index (χ0) is 26.4. The van der Waals surface area contributed by atoms with Gasteiger partial charge in [-0.3, -0.25) is 9.69 Å². The number of carbonyl (C=O) groups is 1. The van der Waals surface area contributed by atoms with Gasteiger partial charge in [0.1, 0.15) is 18.2 Å². The standard InChI is InChI=1S/C27H24Cl2F3N3O2/c28-22-7-5-20(6-8-22)25(36)9-4-19-2-1-3-23(16-19)37-15-14-34-10-12-35(13-11-34)26-24(29)17-21(18-33-26)27(30,31)32/h1-9,16-18H,10-15H2/b9-4+. The SMILES string of the molecule is O=C(/C=C/c1cccc(OCCN2CCN(c3ncc(C(F)(F)F)cc3Cl)CC2)c1)c1ccc(Cl)cc1. The summed E-state index contributed by atoms with van der Waals surface area (Å²) in [7, 11) is 0. The van der Waals surface area contributed by atoms with Crippen molar-refractivity contribution < 1.29 is 22.7 Å². The minimum Gasteiger partial charge on any atom is -0.492 e. The maximum atomic E-state index is 12.9. The number of hydrogen-bond donors (Lipinski definition) is 0. The molecule has 1 aromatic heterocycles. The molecule has 194 valence electrons. The van der Waals surface area contributed by atoms with E-state index in [-0.39, 0.29) is 10.8 Å². The van der Waals surface area contributed by atoms with E-state index in [9.17, 15) is 18.0 Å². The summed E-state index contributed by atoms with van der Waals surface area (Å²) in [6, 6.07) is 15.1. The summed E-state index contributed by atoms with van der Waals surface area (Å²) in [5.74, 6) is 0.945. The number of piperazine rings is 1. The molecule has 0 spiro atoms. The third-order valence-electron chi connectivity index (χ3n) is 5.91. The molecule has 0 amide bonds. The van der Waals surface area contributed by atoms with Crippen molar-refractivity contribution in [1.82, 2.24) is 9.88 Å². The highest BCUT2D eigenvalue weighted by Crippen LogP contribution is 2.33. The fourth-order valence-electron chi connectivity index (χ4n) is 3.88. The van der Waals surface area contributed by atoms with Crippen LogP contribution in [-0.4, -0.2) is 55.0 Å². The van der Waals surface area contributed by atoms with Gasteiger partial charge in [0.2, 0.25) is 0 Å². The highest BCUT2D eigenvalue weighted by molar-refractivity contribution is 6.33. The summed E-state index contributed by atoms with van der Waals surface area (Å²) in [4.78, 5) is 20.4. The molecule has 0 bridgehead atoms. The summed E-state index contributed by atoms with van der Waals surface area (Å²) in [5.41, 5.74) is 0.545. The smallest absolute Gasteiger partial charge is 0.417 e. The van der Waals surface area contributed by atoms with Crippen LogP contribution < -0.4 is 9.64 Å². The molecule has 0 atom stereocenters. The number of allylic oxidation sites excluding steroid dienone is 1. The number of nitrogens with zero attached hydrogens (tertiary/aromatic N) is 3. The summed E-state index contributed by atoms with van der Waals surface area (Å²) in [6.45, 7) is 3.77. The predicted octanol–water partition coefficient (Wildman–Crippen LogP) is 6.50. The molecule has 3 aromatic rings. The fourth-order valence-corrected chi connectivity index (χ4v) is 4.30. The number of ketones is 1. The van der Waals surface area contributed by atoms with Crippen LogP contribution in [0.25, 0.3) is 6.08 Å². The van der Waals surface area contributed by atoms with E-state index in [1.165, 1.54) is 6.08 Å². The molecule has 0 saturated carbocycles. The number of carbonyl (C=O) groups excluding carboxylic acids is 1. The van der Waals surface area contributed by atoms with Crippen molar-refractivity contribution >= 4 is 40.9 Å². The van der Waals surface area contributed by atoms with Crippen molar-refractivity contribution in [2.75, 3.05) is 44.2 Å². The maximum Gasteiger partial charge on any atom is 0.417 e. The summed E-state index contributed by atoms with van der Waals surface area (Å²) >= 11 is 11.9. The summed E-state index contributed by atoms with van der Waals surface area (Å²) in [5, 5.41) is 0.572. The Morgan fingerprint density at radius 1 is 1.03 bits per heavy atom. The first-order valence-electron chi connectivity index (χ1n) is 11.6. The lowest BCUT2D eigenvalue weighted by Crippen LogP contribution is -2.47. The Kier molecular flexibility index (Phi) is 8.74. The van der Waals surface area contributed by atoms with E-state index in [2.05, 4.69) is 9.88 Å². The van der Waals surface area contributed by atoms with E-state index in [1.54, 1.807) is 30.3 Å². The molecule has 1 saturated heterocycles. The van der Waals surface area contributed by atoms with Gasteiger partial charge in [-0.1, -0.05) is 41.4 Å². The van der Waals surface area contributed by atoms with Gasteiger partial charge in [0.25, 0.3) is 0 Å². The molecule has 5 nitrogen and oxygen atoms in total. The van der Waals surface area contributed by atoms with Gasteiger partial charge in [-0.15, -0.1) is 0 Å². The van der Waals surface area contributed by atoms with Crippen molar-refractivity contribution in [3.63, 3.8) is 0 Å². The molecule has 1 aliphatic heterocycles. The summed E-state index contributed by atoms with van der Waals surface area (Å²) < 4.78 is 44.5. The number of anilines is 1. The molecule has 4 rings (SSSR count). The van der Waals surface area contributed by atoms with Crippen LogP contribution in [0.2, 0.25) is 10.0 Å². The van der Waals surface area contributed by atoms with Crippen LogP contribution >= 0.6 is 23.2 Å². The van der Waals surface area contributed by atoms with Crippen molar-refractivity contribution in [2.24, 2.45) is 0 Å². The number of aromatic nitrogens is 1. The third kappa shape index (κ3) is 7.47. The van der Waals surface area contributed by atoms with Gasteiger partial charge < -0.3 is 9.64 Å². The van der Waals surface area contributed by atoms with Crippen LogP contribution in [0.5, 0.6) is 5.75 Å². The zero-order valence-corrected chi connectivity index (χ0v) is 21.2. The normalized spacial score (nSPS) is 14.8. The van der Waals surface area contributed by atoms with Crippen molar-refractivity contribution in [2.45, 2.75) is 6.18 Å². The Bertz CT molecular complexity index is 1260. The fraction of sp³-hybridized carbons (Fsp3) is 0.259. The van der Waals surface area contributed by atoms with Crippen LogP contribution in [0.4, 0.5) is 19.0 Å². The molecule has 1 aliphatic rings. The third-order valence-corrected chi connectivity index (χ3v) is 6.44. The average molecular weight is 550 g/mol. The second kappa shape index (κ2) is 12.0. The second-order valence-corrected chi connectivity index (χ2v) is 9.32. The van der Waals surface area contributed by atoms with Gasteiger partial charge in [-0.25, -0.2) is 4.98 Å². The number of ether oxygens (including phenoxy) is 1. The number of halogens is 5. The van der Waals surface area contributed by atoms with E-state index in [1.807, 2.05) is 29.2 Å². The Labute approximate surface area is 223 Å². The van der Waals surface area contributed by atoms with Crippen LogP contribution in [-0.2, 0) is 6.18 Å². The van der Waals surface area contributed by atoms with Crippen LogP contribution in [0.3, 0.4) is 0 Å². The molecule has 0 radical (unpaired) electrons. The highest BCUT2D eigenvalue weighted by Gasteiger charge is 2.32. The molecular weight excluding hydrogens is 526 g/mol. The molecule has 0 N–H and O–H groups in total. The first-order chi connectivity index (χ1) is 17.7. The maximum absolute atomic E-state index is 12.9. The number of rotatable bonds is 8. The first kappa shape index (κ1) is 27.0. The molecule has 2 aromatic carbocycles. The lowest BCUT2D eigenvalue weighted by molar-refractivity contribution is -0.137. The minimum atomic E-state index is -4.47. The largest absolute Gasteiger partial charge is 0.492 e. The van der Waals surface area contributed by atoms with E-state index in [0.717, 1.165) is 17.8 Å². The van der Waals surface area contributed by atoms with Crippen molar-refractivity contribution in [3.8, 4) is 5.75 Å². The minimum absolute atomic E-state index is 0.00425. The van der Waals surface area contributed by atoms with E-state index >= 15 is 0 Å². The van der Waals surface area contributed by atoms with Crippen LogP contribution in [0.1, 0.15) is 21.5 Å². The van der Waals surface area contributed by atoms with Gasteiger partial charge in [0, 0.05) is 49.5 Å². The van der Waals surface area contributed by atoms with Crippen molar-refractivity contribution in [3.05, 3.63) is 93.6 Å². The van der Waals surface area contributed by atoms with Gasteiger partial charge in [-0.05, 0) is 54.1 Å². The molecule has 0 aliphatic carbocycles. The quantitative estimate of drug-likeness (QED) is 0.237. The Balaban J connectivity index is 1.24. The lowest BCUT2D eigenvalue weighted by atomic mass is 10.1. The Morgan fingerprint density at radius 2 is 1.76 bits per heavy atom. The molecule has 1 fully saturated rings. The van der Waals surface area contributed by atoms with Gasteiger partial charge in [-0.2, -0.15) is 13.2 Å². The van der Waals surface area contributed by atoms with Gasteiger partial charge in [0.15, 0.2) is 5.78 Å². The van der Waals surface area contributed by atoms with Crippen LogP contribution in [0, 0.1) is 0 Å². The van der Waals surface area contributed by atoms with E-state index < -0.39 is 11.7 Å². The molecule has 10 heteroatoms. The Hall–Kier alpha value is -3.07. The van der Waals surface area contributed by atoms with E-state index in [4.69, 9.17) is 27.9 Å². The predicted molar refractivity (Wildman–Crippen MR) is 140 cm³/mol. The number of alkyl halides is 3. The number of pyridine rings is 1. The molecule has 0 unspecified atom stereocenters. The topological polar surface area (TPSA) is 45.7 Å². The molecule has 37 heavy (non-hydrogen) atoms. The van der Waals surface area contributed by atoms with Crippen LogP contribution in [0.15, 0.2) is 66.9 Å².